The van der Waals surface area contributed by atoms with Crippen molar-refractivity contribution in [3.8, 4) is 0 Å². The first-order valence-corrected chi connectivity index (χ1v) is 7.84. The molecule has 0 saturated carbocycles. The minimum atomic E-state index is -0.397. The van der Waals surface area contributed by atoms with Gasteiger partial charge in [-0.2, -0.15) is 0 Å². The number of hydrogen-bond donors (Lipinski definition) is 0. The fraction of sp³-hybridized carbons (Fsp3) is 0.316. The highest BCUT2D eigenvalue weighted by molar-refractivity contribution is 5.94. The number of esters is 1. The van der Waals surface area contributed by atoms with Crippen molar-refractivity contribution in [1.82, 2.24) is 9.88 Å². The average molecular weight is 326 g/mol. The second-order valence-corrected chi connectivity index (χ2v) is 5.83. The molecule has 0 aliphatic heterocycles. The standard InChI is InChI=1S/C19H22N2O3/c1-14-4-6-17(7-5-14)18(22)21(12-15(2)19(23)24-3)13-16-8-10-20-11-9-16/h4-11,15H,12-13H2,1-3H3. The lowest BCUT2D eigenvalue weighted by atomic mass is 10.1. The second-order valence-electron chi connectivity index (χ2n) is 5.83. The Hall–Kier alpha value is -2.69. The molecule has 1 aromatic heterocycles. The summed E-state index contributed by atoms with van der Waals surface area (Å²) in [4.78, 5) is 30.3. The average Bonchev–Trinajstić information content (AvgIpc) is 2.61. The summed E-state index contributed by atoms with van der Waals surface area (Å²) in [7, 11) is 1.35. The number of amides is 1. The van der Waals surface area contributed by atoms with Gasteiger partial charge in [0.1, 0.15) is 0 Å². The number of rotatable bonds is 6. The van der Waals surface area contributed by atoms with Gasteiger partial charge >= 0.3 is 5.97 Å². The third-order valence-corrected chi connectivity index (χ3v) is 3.81. The normalized spacial score (nSPS) is 11.6. The van der Waals surface area contributed by atoms with Crippen molar-refractivity contribution >= 4 is 11.9 Å². The number of carbonyl (C=O) groups is 2. The number of pyridine rings is 1. The molecule has 0 spiro atoms. The van der Waals surface area contributed by atoms with Crippen molar-refractivity contribution in [2.45, 2.75) is 20.4 Å². The van der Waals surface area contributed by atoms with Gasteiger partial charge in [-0.1, -0.05) is 24.6 Å². The Kier molecular flexibility index (Phi) is 6.07. The molecule has 1 aromatic carbocycles. The predicted molar refractivity (Wildman–Crippen MR) is 91.3 cm³/mol. The van der Waals surface area contributed by atoms with Gasteiger partial charge in [-0.3, -0.25) is 14.6 Å². The molecule has 2 rings (SSSR count). The Bertz CT molecular complexity index is 684. The van der Waals surface area contributed by atoms with E-state index in [-0.39, 0.29) is 11.9 Å². The molecule has 5 nitrogen and oxygen atoms in total. The van der Waals surface area contributed by atoms with Gasteiger partial charge in [-0.05, 0) is 36.8 Å². The Balaban J connectivity index is 2.22. The number of ether oxygens (including phenoxy) is 1. The molecule has 0 fully saturated rings. The molecule has 0 aliphatic rings. The van der Waals surface area contributed by atoms with Gasteiger partial charge in [0.25, 0.3) is 5.91 Å². The highest BCUT2D eigenvalue weighted by atomic mass is 16.5. The predicted octanol–water partition coefficient (Wildman–Crippen LogP) is 2.84. The highest BCUT2D eigenvalue weighted by Gasteiger charge is 2.22. The van der Waals surface area contributed by atoms with Gasteiger partial charge < -0.3 is 9.64 Å². The first-order valence-electron chi connectivity index (χ1n) is 7.84. The minimum absolute atomic E-state index is 0.109. The van der Waals surface area contributed by atoms with E-state index in [1.54, 1.807) is 36.4 Å². The highest BCUT2D eigenvalue weighted by Crippen LogP contribution is 2.14. The maximum Gasteiger partial charge on any atom is 0.310 e. The topological polar surface area (TPSA) is 59.5 Å². The van der Waals surface area contributed by atoms with E-state index in [2.05, 4.69) is 4.98 Å². The molecule has 1 unspecified atom stereocenters. The fourth-order valence-electron chi connectivity index (χ4n) is 2.41. The molecule has 5 heteroatoms. The molecule has 2 aromatic rings. The Morgan fingerprint density at radius 2 is 1.75 bits per heavy atom. The van der Waals surface area contributed by atoms with Crippen LogP contribution in [0.5, 0.6) is 0 Å². The number of benzene rings is 1. The molecule has 0 aliphatic carbocycles. The molecule has 1 heterocycles. The van der Waals surface area contributed by atoms with E-state index in [0.29, 0.717) is 18.7 Å². The van der Waals surface area contributed by atoms with Gasteiger partial charge in [-0.25, -0.2) is 0 Å². The molecule has 0 radical (unpaired) electrons. The van der Waals surface area contributed by atoms with E-state index in [1.807, 2.05) is 31.2 Å². The molecule has 0 bridgehead atoms. The van der Waals surface area contributed by atoms with Crippen molar-refractivity contribution in [1.29, 1.82) is 0 Å². The zero-order chi connectivity index (χ0) is 17.5. The van der Waals surface area contributed by atoms with Gasteiger partial charge in [0.2, 0.25) is 0 Å². The van der Waals surface area contributed by atoms with Crippen LogP contribution >= 0.6 is 0 Å². The van der Waals surface area contributed by atoms with Crippen LogP contribution in [-0.4, -0.2) is 35.4 Å². The van der Waals surface area contributed by atoms with Gasteiger partial charge in [0, 0.05) is 31.0 Å². The van der Waals surface area contributed by atoms with Crippen LogP contribution in [0.1, 0.15) is 28.4 Å². The summed E-state index contributed by atoms with van der Waals surface area (Å²) >= 11 is 0. The summed E-state index contributed by atoms with van der Waals surface area (Å²) in [6, 6.07) is 11.1. The third-order valence-electron chi connectivity index (χ3n) is 3.81. The second kappa shape index (κ2) is 8.24. The van der Waals surface area contributed by atoms with Crippen molar-refractivity contribution in [3.05, 3.63) is 65.5 Å². The molecule has 0 N–H and O–H groups in total. The van der Waals surface area contributed by atoms with Crippen LogP contribution < -0.4 is 0 Å². The molecule has 0 saturated heterocycles. The van der Waals surface area contributed by atoms with Crippen molar-refractivity contribution < 1.29 is 14.3 Å². The number of methoxy groups -OCH3 is 1. The monoisotopic (exact) mass is 326 g/mol. The molecule has 126 valence electrons. The summed E-state index contributed by atoms with van der Waals surface area (Å²) in [6.07, 6.45) is 3.38. The van der Waals surface area contributed by atoms with E-state index in [1.165, 1.54) is 7.11 Å². The zero-order valence-electron chi connectivity index (χ0n) is 14.2. The van der Waals surface area contributed by atoms with Crippen LogP contribution in [0.4, 0.5) is 0 Å². The van der Waals surface area contributed by atoms with Crippen LogP contribution in [0.2, 0.25) is 0 Å². The molecule has 1 amide bonds. The smallest absolute Gasteiger partial charge is 0.310 e. The maximum absolute atomic E-state index is 12.9. The lowest BCUT2D eigenvalue weighted by Crippen LogP contribution is -2.36. The van der Waals surface area contributed by atoms with E-state index < -0.39 is 5.92 Å². The molecule has 1 atom stereocenters. The lowest BCUT2D eigenvalue weighted by molar-refractivity contribution is -0.145. The van der Waals surface area contributed by atoms with Gasteiger partial charge in [0.05, 0.1) is 13.0 Å². The number of carbonyl (C=O) groups excluding carboxylic acids is 2. The largest absolute Gasteiger partial charge is 0.469 e. The fourth-order valence-corrected chi connectivity index (χ4v) is 2.41. The summed E-state index contributed by atoms with van der Waals surface area (Å²) in [6.45, 7) is 4.44. The van der Waals surface area contributed by atoms with Gasteiger partial charge in [-0.15, -0.1) is 0 Å². The number of hydrogen-bond acceptors (Lipinski definition) is 4. The van der Waals surface area contributed by atoms with E-state index in [0.717, 1.165) is 11.1 Å². The molecule has 24 heavy (non-hydrogen) atoms. The molecular weight excluding hydrogens is 304 g/mol. The van der Waals surface area contributed by atoms with Crippen LogP contribution in [0.15, 0.2) is 48.8 Å². The maximum atomic E-state index is 12.9. The Morgan fingerprint density at radius 3 is 2.33 bits per heavy atom. The van der Waals surface area contributed by atoms with Crippen LogP contribution in [-0.2, 0) is 16.1 Å². The Morgan fingerprint density at radius 1 is 1.12 bits per heavy atom. The zero-order valence-corrected chi connectivity index (χ0v) is 14.2. The number of aromatic nitrogens is 1. The van der Waals surface area contributed by atoms with Crippen LogP contribution in [0, 0.1) is 12.8 Å². The van der Waals surface area contributed by atoms with Crippen molar-refractivity contribution in [2.75, 3.05) is 13.7 Å². The quantitative estimate of drug-likeness (QED) is 0.766. The lowest BCUT2D eigenvalue weighted by Gasteiger charge is -2.25. The minimum Gasteiger partial charge on any atom is -0.469 e. The summed E-state index contributed by atoms with van der Waals surface area (Å²) in [5.41, 5.74) is 2.66. The first-order chi connectivity index (χ1) is 11.5. The summed E-state index contributed by atoms with van der Waals surface area (Å²) < 4.78 is 4.78. The Labute approximate surface area is 142 Å². The summed E-state index contributed by atoms with van der Waals surface area (Å²) in [5.74, 6) is -0.833. The van der Waals surface area contributed by atoms with Crippen molar-refractivity contribution in [3.63, 3.8) is 0 Å². The third kappa shape index (κ3) is 4.65. The number of nitrogens with zero attached hydrogens (tertiary/aromatic N) is 2. The summed E-state index contributed by atoms with van der Waals surface area (Å²) in [5, 5.41) is 0. The SMILES string of the molecule is COC(=O)C(C)CN(Cc1ccncc1)C(=O)c1ccc(C)cc1. The number of aryl methyl sites for hydroxylation is 1. The van der Waals surface area contributed by atoms with Gasteiger partial charge in [0.15, 0.2) is 0 Å². The van der Waals surface area contributed by atoms with E-state index in [9.17, 15) is 9.59 Å². The first kappa shape index (κ1) is 17.7. The molecular formula is C19H22N2O3. The van der Waals surface area contributed by atoms with Crippen molar-refractivity contribution in [2.24, 2.45) is 5.92 Å². The van der Waals surface area contributed by atoms with E-state index >= 15 is 0 Å². The van der Waals surface area contributed by atoms with E-state index in [4.69, 9.17) is 4.74 Å². The van der Waals surface area contributed by atoms with Crippen LogP contribution in [0.3, 0.4) is 0 Å². The van der Waals surface area contributed by atoms with Crippen LogP contribution in [0.25, 0.3) is 0 Å².